The predicted molar refractivity (Wildman–Crippen MR) is 37.6 cm³/mol. The molecule has 1 aromatic heterocycles. The maximum Gasteiger partial charge on any atom is 0.289 e. The molecule has 0 saturated heterocycles. The van der Waals surface area contributed by atoms with Crippen LogP contribution in [0.15, 0.2) is 4.21 Å². The highest BCUT2D eigenvalue weighted by atomic mass is 32.2. The number of hydrogen-bond acceptors (Lipinski definition) is 3. The van der Waals surface area contributed by atoms with Crippen molar-refractivity contribution in [1.29, 1.82) is 0 Å². The molecule has 0 radical (unpaired) electrons. The van der Waals surface area contributed by atoms with Crippen molar-refractivity contribution in [3.05, 3.63) is 11.0 Å². The Labute approximate surface area is 72.0 Å². The number of rotatable bonds is 2. The number of nitrogens with two attached hydrogens (primary N) is 1. The Morgan fingerprint density at radius 1 is 1.58 bits per heavy atom. The van der Waals surface area contributed by atoms with E-state index >= 15 is 0 Å². The molecule has 2 N–H and O–H groups in total. The summed E-state index contributed by atoms with van der Waals surface area (Å²) in [5.74, 6) is -1.18. The molecule has 68 valence electrons. The molecule has 0 spiro atoms. The summed E-state index contributed by atoms with van der Waals surface area (Å²) < 4.78 is 46.3. The molecule has 0 saturated carbocycles. The van der Waals surface area contributed by atoms with Crippen molar-refractivity contribution >= 4 is 22.3 Å². The Morgan fingerprint density at radius 3 is 2.42 bits per heavy atom. The van der Waals surface area contributed by atoms with Gasteiger partial charge in [-0.1, -0.05) is 11.3 Å². The molecule has 1 rings (SSSR count). The minimum atomic E-state index is -2.86. The number of alkyl halides is 2. The van der Waals surface area contributed by atoms with Gasteiger partial charge in [0.25, 0.3) is 6.43 Å². The van der Waals surface area contributed by atoms with Crippen LogP contribution in [0, 0.1) is 5.95 Å². The number of halogens is 3. The van der Waals surface area contributed by atoms with Gasteiger partial charge in [-0.2, -0.15) is 4.39 Å². The van der Waals surface area contributed by atoms with Gasteiger partial charge in [0, 0.05) is 0 Å². The normalized spacial score (nSPS) is 13.8. The van der Waals surface area contributed by atoms with Gasteiger partial charge in [0.1, 0.15) is 11.0 Å². The molecule has 1 heterocycles. The summed E-state index contributed by atoms with van der Waals surface area (Å²) >= 11 is 0.314. The van der Waals surface area contributed by atoms with E-state index in [1.54, 1.807) is 0 Å². The zero-order valence-electron chi connectivity index (χ0n) is 5.46. The van der Waals surface area contributed by atoms with Crippen LogP contribution in [0.2, 0.25) is 0 Å². The lowest BCUT2D eigenvalue weighted by molar-refractivity contribution is 0.150. The molecule has 0 amide bonds. The summed E-state index contributed by atoms with van der Waals surface area (Å²) in [6, 6.07) is 0. The van der Waals surface area contributed by atoms with E-state index in [-0.39, 0.29) is 0 Å². The highest BCUT2D eigenvalue weighted by Gasteiger charge is 2.19. The summed E-state index contributed by atoms with van der Waals surface area (Å²) in [6.45, 7) is 0. The fourth-order valence-corrected chi connectivity index (χ4v) is 1.85. The van der Waals surface area contributed by atoms with E-state index in [1.165, 1.54) is 0 Å². The Bertz CT molecular complexity index is 313. The average Bonchev–Trinajstić information content (AvgIpc) is 2.30. The maximum atomic E-state index is 12.5. The summed E-state index contributed by atoms with van der Waals surface area (Å²) in [5, 5.41) is 4.08. The third-order valence-electron chi connectivity index (χ3n) is 0.943. The van der Waals surface area contributed by atoms with E-state index in [0.717, 1.165) is 0 Å². The van der Waals surface area contributed by atoms with Crippen LogP contribution in [0.25, 0.3) is 0 Å². The minimum absolute atomic E-state index is 0.314. The third kappa shape index (κ3) is 1.82. The molecule has 1 atom stereocenters. The fraction of sp³-hybridized carbons (Fsp3) is 0.250. The molecule has 0 aliphatic carbocycles. The van der Waals surface area contributed by atoms with Crippen LogP contribution in [-0.4, -0.2) is 9.19 Å². The molecule has 12 heavy (non-hydrogen) atoms. The largest absolute Gasteiger partial charge is 0.289 e. The standard InChI is InChI=1S/C4H3F3N2OS2/c5-1(6)3-9-2(7)4(11-3)12(8)10/h1H,8H2. The first-order valence-electron chi connectivity index (χ1n) is 2.63. The number of thiazole rings is 1. The molecule has 0 aliphatic rings. The first-order valence-corrected chi connectivity index (χ1v) is 4.66. The van der Waals surface area contributed by atoms with E-state index in [0.29, 0.717) is 11.3 Å². The predicted octanol–water partition coefficient (Wildman–Crippen LogP) is 1.20. The number of nitrogens with zero attached hydrogens (tertiary/aromatic N) is 1. The molecule has 0 bridgehead atoms. The van der Waals surface area contributed by atoms with Gasteiger partial charge in [-0.3, -0.25) is 0 Å². The van der Waals surface area contributed by atoms with Crippen LogP contribution in [-0.2, 0) is 11.0 Å². The third-order valence-corrected chi connectivity index (χ3v) is 3.05. The molecule has 1 unspecified atom stereocenters. The Hall–Kier alpha value is -0.470. The lowest BCUT2D eigenvalue weighted by atomic mass is 10.7. The minimum Gasteiger partial charge on any atom is -0.247 e. The molecule has 0 fully saturated rings. The van der Waals surface area contributed by atoms with Gasteiger partial charge in [-0.15, -0.1) is 0 Å². The second-order valence-corrected chi connectivity index (χ2v) is 4.02. The molecular weight excluding hydrogens is 213 g/mol. The monoisotopic (exact) mass is 216 g/mol. The van der Waals surface area contributed by atoms with E-state index < -0.39 is 32.6 Å². The van der Waals surface area contributed by atoms with Gasteiger partial charge in [-0.25, -0.2) is 23.1 Å². The van der Waals surface area contributed by atoms with Crippen molar-refractivity contribution in [3.63, 3.8) is 0 Å². The topological polar surface area (TPSA) is 56.0 Å². The van der Waals surface area contributed by atoms with Crippen molar-refractivity contribution in [2.75, 3.05) is 0 Å². The lowest BCUT2D eigenvalue weighted by Crippen LogP contribution is -2.01. The van der Waals surface area contributed by atoms with Crippen molar-refractivity contribution in [1.82, 2.24) is 4.98 Å². The van der Waals surface area contributed by atoms with Gasteiger partial charge < -0.3 is 0 Å². The Morgan fingerprint density at radius 2 is 2.17 bits per heavy atom. The summed E-state index contributed by atoms with van der Waals surface area (Å²) in [7, 11) is -2.09. The first kappa shape index (κ1) is 9.62. The molecule has 0 aliphatic heterocycles. The highest BCUT2D eigenvalue weighted by molar-refractivity contribution is 7.85. The maximum absolute atomic E-state index is 12.5. The van der Waals surface area contributed by atoms with Crippen LogP contribution in [0.5, 0.6) is 0 Å². The van der Waals surface area contributed by atoms with Gasteiger partial charge in [0.05, 0.1) is 0 Å². The second kappa shape index (κ2) is 3.50. The smallest absolute Gasteiger partial charge is 0.247 e. The SMILES string of the molecule is NS(=O)c1sc(C(F)F)nc1F. The molecule has 3 nitrogen and oxygen atoms in total. The summed E-state index contributed by atoms with van der Waals surface area (Å²) in [4.78, 5) is 2.86. The Balaban J connectivity index is 3.09. The molecule has 1 aromatic rings. The van der Waals surface area contributed by atoms with Crippen LogP contribution in [0.4, 0.5) is 13.2 Å². The lowest BCUT2D eigenvalue weighted by Gasteiger charge is -1.86. The Kier molecular flexibility index (Phi) is 2.80. The first-order chi connectivity index (χ1) is 5.52. The zero-order chi connectivity index (χ0) is 9.30. The van der Waals surface area contributed by atoms with Gasteiger partial charge >= 0.3 is 0 Å². The summed E-state index contributed by atoms with van der Waals surface area (Å²) in [6.07, 6.45) is -2.86. The quantitative estimate of drug-likeness (QED) is 0.807. The van der Waals surface area contributed by atoms with Crippen molar-refractivity contribution in [2.45, 2.75) is 10.6 Å². The van der Waals surface area contributed by atoms with Gasteiger partial charge in [0.2, 0.25) is 5.95 Å². The zero-order valence-corrected chi connectivity index (χ0v) is 7.09. The van der Waals surface area contributed by atoms with Crippen molar-refractivity contribution < 1.29 is 17.4 Å². The highest BCUT2D eigenvalue weighted by Crippen LogP contribution is 2.27. The second-order valence-electron chi connectivity index (χ2n) is 1.73. The van der Waals surface area contributed by atoms with Crippen LogP contribution in [0.1, 0.15) is 11.4 Å². The molecule has 0 aromatic carbocycles. The van der Waals surface area contributed by atoms with Crippen LogP contribution < -0.4 is 5.14 Å². The fourth-order valence-electron chi connectivity index (χ4n) is 0.520. The molecular formula is C4H3F3N2OS2. The van der Waals surface area contributed by atoms with E-state index in [9.17, 15) is 17.4 Å². The van der Waals surface area contributed by atoms with E-state index in [2.05, 4.69) is 4.98 Å². The van der Waals surface area contributed by atoms with Gasteiger partial charge in [0.15, 0.2) is 9.22 Å². The van der Waals surface area contributed by atoms with E-state index in [4.69, 9.17) is 5.14 Å². The van der Waals surface area contributed by atoms with Crippen LogP contribution >= 0.6 is 11.3 Å². The number of aromatic nitrogens is 1. The van der Waals surface area contributed by atoms with E-state index in [1.807, 2.05) is 0 Å². The number of hydrogen-bond donors (Lipinski definition) is 1. The van der Waals surface area contributed by atoms with Gasteiger partial charge in [-0.05, 0) is 0 Å². The summed E-state index contributed by atoms with van der Waals surface area (Å²) in [5.41, 5.74) is 0. The van der Waals surface area contributed by atoms with Crippen molar-refractivity contribution in [3.8, 4) is 0 Å². The van der Waals surface area contributed by atoms with Crippen LogP contribution in [0.3, 0.4) is 0 Å². The molecule has 8 heteroatoms. The average molecular weight is 216 g/mol. The van der Waals surface area contributed by atoms with Crippen molar-refractivity contribution in [2.24, 2.45) is 5.14 Å².